The maximum absolute atomic E-state index is 13.7. The second-order valence-corrected chi connectivity index (χ2v) is 4.80. The smallest absolute Gasteiger partial charge is 0.229 e. The summed E-state index contributed by atoms with van der Waals surface area (Å²) in [6, 6.07) is 13.4. The molecule has 104 valence electrons. The second-order valence-electron chi connectivity index (χ2n) is 4.43. The van der Waals surface area contributed by atoms with Gasteiger partial charge in [0.05, 0.1) is 13.0 Å². The molecule has 0 aliphatic heterocycles. The van der Waals surface area contributed by atoms with Crippen LogP contribution in [0.4, 0.5) is 4.39 Å². The van der Waals surface area contributed by atoms with Crippen LogP contribution < -0.4 is 4.74 Å². The van der Waals surface area contributed by atoms with Crippen LogP contribution in [-0.2, 0) is 11.2 Å². The van der Waals surface area contributed by atoms with Gasteiger partial charge in [-0.1, -0.05) is 30.3 Å². The lowest BCUT2D eigenvalue weighted by atomic mass is 9.93. The summed E-state index contributed by atoms with van der Waals surface area (Å²) in [4.78, 5) is 11.6. The van der Waals surface area contributed by atoms with Gasteiger partial charge < -0.3 is 4.74 Å². The zero-order chi connectivity index (χ0) is 14.5. The molecule has 0 amide bonds. The molecule has 0 aliphatic rings. The highest BCUT2D eigenvalue weighted by Crippen LogP contribution is 2.26. The molecule has 0 fully saturated rings. The van der Waals surface area contributed by atoms with Crippen LogP contribution in [0.25, 0.3) is 0 Å². The molecule has 20 heavy (non-hydrogen) atoms. The summed E-state index contributed by atoms with van der Waals surface area (Å²) >= 11 is 5.66. The van der Waals surface area contributed by atoms with Gasteiger partial charge in [0.25, 0.3) is 0 Å². The van der Waals surface area contributed by atoms with Gasteiger partial charge in [0.1, 0.15) is 11.6 Å². The van der Waals surface area contributed by atoms with E-state index in [0.717, 1.165) is 5.56 Å². The Bertz CT molecular complexity index is 596. The number of ether oxygens (including phenoxy) is 1. The van der Waals surface area contributed by atoms with Gasteiger partial charge in [0.2, 0.25) is 5.24 Å². The molecular weight excluding hydrogens is 279 g/mol. The number of halogens is 2. The van der Waals surface area contributed by atoms with Gasteiger partial charge >= 0.3 is 0 Å². The van der Waals surface area contributed by atoms with Crippen molar-refractivity contribution in [2.75, 3.05) is 7.11 Å². The Morgan fingerprint density at radius 3 is 2.40 bits per heavy atom. The minimum atomic E-state index is -0.570. The Morgan fingerprint density at radius 2 is 1.85 bits per heavy atom. The minimum absolute atomic E-state index is 0.237. The van der Waals surface area contributed by atoms with E-state index in [0.29, 0.717) is 11.3 Å². The normalized spacial score (nSPS) is 11.9. The van der Waals surface area contributed by atoms with Gasteiger partial charge in [-0.2, -0.15) is 0 Å². The van der Waals surface area contributed by atoms with Crippen molar-refractivity contribution in [1.29, 1.82) is 0 Å². The lowest BCUT2D eigenvalue weighted by Gasteiger charge is -2.14. The molecule has 0 heterocycles. The monoisotopic (exact) mass is 292 g/mol. The fourth-order valence-electron chi connectivity index (χ4n) is 2.05. The fourth-order valence-corrected chi connectivity index (χ4v) is 2.25. The first-order valence-electron chi connectivity index (χ1n) is 6.18. The van der Waals surface area contributed by atoms with Crippen LogP contribution in [0.1, 0.15) is 17.0 Å². The highest BCUT2D eigenvalue weighted by atomic mass is 35.5. The average Bonchev–Trinajstić information content (AvgIpc) is 2.46. The Balaban J connectivity index is 2.27. The quantitative estimate of drug-likeness (QED) is 0.781. The molecule has 2 aromatic carbocycles. The third kappa shape index (κ3) is 3.36. The van der Waals surface area contributed by atoms with E-state index < -0.39 is 11.2 Å². The summed E-state index contributed by atoms with van der Waals surface area (Å²) in [6.07, 6.45) is 0.237. The minimum Gasteiger partial charge on any atom is -0.497 e. The molecule has 2 rings (SSSR count). The highest BCUT2D eigenvalue weighted by Gasteiger charge is 2.20. The number of methoxy groups -OCH3 is 1. The van der Waals surface area contributed by atoms with Crippen molar-refractivity contribution in [2.45, 2.75) is 12.3 Å². The summed E-state index contributed by atoms with van der Waals surface area (Å²) < 4.78 is 18.7. The van der Waals surface area contributed by atoms with Crippen LogP contribution in [0.3, 0.4) is 0 Å². The van der Waals surface area contributed by atoms with Crippen molar-refractivity contribution >= 4 is 16.8 Å². The Hall–Kier alpha value is -1.87. The SMILES string of the molecule is COc1ccc(C(Cc2ccccc2F)C(=O)Cl)cc1. The zero-order valence-corrected chi connectivity index (χ0v) is 11.7. The lowest BCUT2D eigenvalue weighted by Crippen LogP contribution is -2.11. The summed E-state index contributed by atoms with van der Waals surface area (Å²) in [6.45, 7) is 0. The van der Waals surface area contributed by atoms with E-state index in [1.54, 1.807) is 49.6 Å². The molecule has 0 radical (unpaired) electrons. The summed E-state index contributed by atoms with van der Waals surface area (Å²) in [5, 5.41) is -0.501. The molecule has 0 N–H and O–H groups in total. The Labute approximate surface area is 122 Å². The summed E-state index contributed by atoms with van der Waals surface area (Å²) in [5.41, 5.74) is 1.22. The third-order valence-corrected chi connectivity index (χ3v) is 3.44. The number of hydrogen-bond donors (Lipinski definition) is 0. The largest absolute Gasteiger partial charge is 0.497 e. The van der Waals surface area contributed by atoms with E-state index >= 15 is 0 Å². The van der Waals surface area contributed by atoms with E-state index in [2.05, 4.69) is 0 Å². The summed E-state index contributed by atoms with van der Waals surface area (Å²) in [7, 11) is 1.57. The number of benzene rings is 2. The molecule has 0 bridgehead atoms. The van der Waals surface area contributed by atoms with Crippen molar-refractivity contribution < 1.29 is 13.9 Å². The van der Waals surface area contributed by atoms with Crippen molar-refractivity contribution in [2.24, 2.45) is 0 Å². The topological polar surface area (TPSA) is 26.3 Å². The molecule has 1 atom stereocenters. The van der Waals surface area contributed by atoms with Crippen molar-refractivity contribution in [3.8, 4) is 5.75 Å². The van der Waals surface area contributed by atoms with E-state index in [9.17, 15) is 9.18 Å². The van der Waals surface area contributed by atoms with Gasteiger partial charge in [-0.25, -0.2) is 4.39 Å². The molecule has 0 spiro atoms. The molecular formula is C16H14ClFO2. The number of rotatable bonds is 5. The van der Waals surface area contributed by atoms with Gasteiger partial charge in [-0.05, 0) is 47.3 Å². The van der Waals surface area contributed by atoms with Crippen LogP contribution >= 0.6 is 11.6 Å². The van der Waals surface area contributed by atoms with E-state index in [-0.39, 0.29) is 12.2 Å². The molecule has 4 heteroatoms. The first-order valence-corrected chi connectivity index (χ1v) is 6.56. The Morgan fingerprint density at radius 1 is 1.20 bits per heavy atom. The van der Waals surface area contributed by atoms with Gasteiger partial charge in [-0.3, -0.25) is 4.79 Å². The van der Waals surface area contributed by atoms with Crippen LogP contribution in [0.5, 0.6) is 5.75 Å². The first kappa shape index (κ1) is 14.5. The Kier molecular flexibility index (Phi) is 4.74. The molecule has 0 saturated carbocycles. The van der Waals surface area contributed by atoms with Crippen molar-refractivity contribution in [3.05, 3.63) is 65.5 Å². The molecule has 0 aliphatic carbocycles. The third-order valence-electron chi connectivity index (χ3n) is 3.17. The molecule has 1 unspecified atom stereocenters. The second kappa shape index (κ2) is 6.53. The van der Waals surface area contributed by atoms with Crippen LogP contribution in [0.2, 0.25) is 0 Å². The molecule has 0 saturated heterocycles. The predicted octanol–water partition coefficient (Wildman–Crippen LogP) is 3.93. The molecule has 0 aromatic heterocycles. The van der Waals surface area contributed by atoms with E-state index in [4.69, 9.17) is 16.3 Å². The van der Waals surface area contributed by atoms with Gasteiger partial charge in [-0.15, -0.1) is 0 Å². The molecule has 2 aromatic rings. The number of carbonyl (C=O) groups is 1. The zero-order valence-electron chi connectivity index (χ0n) is 11.0. The highest BCUT2D eigenvalue weighted by molar-refractivity contribution is 6.64. The fraction of sp³-hybridized carbons (Fsp3) is 0.188. The maximum Gasteiger partial charge on any atom is 0.229 e. The number of hydrogen-bond acceptors (Lipinski definition) is 2. The first-order chi connectivity index (χ1) is 9.61. The van der Waals surface area contributed by atoms with Crippen LogP contribution in [0, 0.1) is 5.82 Å². The van der Waals surface area contributed by atoms with E-state index in [1.807, 2.05) is 0 Å². The van der Waals surface area contributed by atoms with E-state index in [1.165, 1.54) is 6.07 Å². The lowest BCUT2D eigenvalue weighted by molar-refractivity contribution is -0.113. The van der Waals surface area contributed by atoms with Crippen LogP contribution in [-0.4, -0.2) is 12.4 Å². The maximum atomic E-state index is 13.7. The standard InChI is InChI=1S/C16H14ClFO2/c1-20-13-8-6-11(7-9-13)14(16(17)19)10-12-4-2-3-5-15(12)18/h2-9,14H,10H2,1H3. The number of carbonyl (C=O) groups excluding carboxylic acids is 1. The predicted molar refractivity (Wildman–Crippen MR) is 76.7 cm³/mol. The molecule has 2 nitrogen and oxygen atoms in total. The average molecular weight is 293 g/mol. The van der Waals surface area contributed by atoms with Gasteiger partial charge in [0, 0.05) is 0 Å². The van der Waals surface area contributed by atoms with Crippen molar-refractivity contribution in [1.82, 2.24) is 0 Å². The summed E-state index contributed by atoms with van der Waals surface area (Å²) in [5.74, 6) is -0.205. The van der Waals surface area contributed by atoms with Crippen molar-refractivity contribution in [3.63, 3.8) is 0 Å². The van der Waals surface area contributed by atoms with Gasteiger partial charge in [0.15, 0.2) is 0 Å². The van der Waals surface area contributed by atoms with Crippen LogP contribution in [0.15, 0.2) is 48.5 Å².